The van der Waals surface area contributed by atoms with Gasteiger partial charge in [0.2, 0.25) is 0 Å². The highest BCUT2D eigenvalue weighted by Gasteiger charge is 2.43. The lowest BCUT2D eigenvalue weighted by molar-refractivity contribution is -0.0619. The average Bonchev–Trinajstić information content (AvgIpc) is 3.41. The highest BCUT2D eigenvalue weighted by Crippen LogP contribution is 2.36. The predicted octanol–water partition coefficient (Wildman–Crippen LogP) is 6.75. The largest absolute Gasteiger partial charge is 0.458 e. The van der Waals surface area contributed by atoms with Crippen LogP contribution in [0.4, 0.5) is 0 Å². The molecule has 0 unspecified atom stereocenters. The van der Waals surface area contributed by atoms with Crippen LogP contribution in [0.25, 0.3) is 0 Å². The Morgan fingerprint density at radius 1 is 0.787 bits per heavy atom. The molecule has 1 aliphatic rings. The first-order chi connectivity index (χ1) is 22.8. The van der Waals surface area contributed by atoms with E-state index in [0.29, 0.717) is 23.1 Å². The third kappa shape index (κ3) is 9.13. The fourth-order valence-corrected chi connectivity index (χ4v) is 6.59. The van der Waals surface area contributed by atoms with E-state index in [2.05, 4.69) is 6.58 Å². The minimum Gasteiger partial charge on any atom is -0.458 e. The number of benzene rings is 4. The van der Waals surface area contributed by atoms with Gasteiger partial charge in [-0.2, -0.15) is 0 Å². The molecule has 0 bridgehead atoms. The van der Waals surface area contributed by atoms with Crippen LogP contribution in [0.5, 0.6) is 0 Å². The van der Waals surface area contributed by atoms with Crippen LogP contribution in [0, 0.1) is 0 Å². The molecule has 0 aliphatic carbocycles. The molecule has 1 aliphatic heterocycles. The van der Waals surface area contributed by atoms with Gasteiger partial charge >= 0.3 is 11.9 Å². The second-order valence-electron chi connectivity index (χ2n) is 11.0. The summed E-state index contributed by atoms with van der Waals surface area (Å²) in [6, 6.07) is 34.6. The van der Waals surface area contributed by atoms with E-state index in [1.165, 1.54) is 17.5 Å². The standard InChI is InChI=1S/C38H36O8S/c1-2-15-34-33(27-47(41,42)32-22-13-6-14-23-32)36(43-25-28-16-7-3-8-17-28)35(46-34)24-31(45-38(40)30-20-11-5-12-21-30)26-44-37(39)29-18-9-4-10-19-29/h2-14,16-23,27,31,34-36H,1,15,24-26H2/b33-27+/t31-,34-,35+,36+/m0/s1. The van der Waals surface area contributed by atoms with Crippen molar-refractivity contribution in [2.45, 2.75) is 48.8 Å². The molecule has 47 heavy (non-hydrogen) atoms. The molecule has 0 saturated carbocycles. The van der Waals surface area contributed by atoms with Gasteiger partial charge in [0.1, 0.15) is 18.8 Å². The topological polar surface area (TPSA) is 105 Å². The maximum atomic E-state index is 13.6. The molecule has 0 aromatic heterocycles. The first-order valence-electron chi connectivity index (χ1n) is 15.3. The summed E-state index contributed by atoms with van der Waals surface area (Å²) in [5.74, 6) is -1.18. The smallest absolute Gasteiger partial charge is 0.338 e. The van der Waals surface area contributed by atoms with Crippen LogP contribution in [-0.2, 0) is 35.4 Å². The van der Waals surface area contributed by atoms with Crippen LogP contribution in [0.3, 0.4) is 0 Å². The molecule has 0 spiro atoms. The zero-order valence-electron chi connectivity index (χ0n) is 25.7. The second-order valence-corrected chi connectivity index (χ2v) is 12.8. The van der Waals surface area contributed by atoms with Gasteiger partial charge in [0.15, 0.2) is 9.84 Å². The lowest BCUT2D eigenvalue weighted by atomic mass is 10.00. The van der Waals surface area contributed by atoms with Crippen LogP contribution < -0.4 is 0 Å². The van der Waals surface area contributed by atoms with Gasteiger partial charge in [0.25, 0.3) is 0 Å². The molecule has 1 fully saturated rings. The van der Waals surface area contributed by atoms with E-state index in [0.717, 1.165) is 5.56 Å². The fraction of sp³-hybridized carbons (Fsp3) is 0.211. The van der Waals surface area contributed by atoms with Crippen molar-refractivity contribution in [3.8, 4) is 0 Å². The Bertz CT molecular complexity index is 1760. The zero-order valence-corrected chi connectivity index (χ0v) is 26.5. The minimum atomic E-state index is -3.88. The van der Waals surface area contributed by atoms with Gasteiger partial charge in [-0.25, -0.2) is 18.0 Å². The number of carbonyl (C=O) groups excluding carboxylic acids is 2. The van der Waals surface area contributed by atoms with Crippen LogP contribution in [0.2, 0.25) is 0 Å². The first kappa shape index (κ1) is 33.5. The van der Waals surface area contributed by atoms with Gasteiger partial charge in [-0.3, -0.25) is 0 Å². The van der Waals surface area contributed by atoms with E-state index < -0.39 is 46.2 Å². The Morgan fingerprint density at radius 2 is 1.34 bits per heavy atom. The molecular weight excluding hydrogens is 616 g/mol. The molecule has 4 aromatic carbocycles. The molecule has 5 rings (SSSR count). The molecule has 8 nitrogen and oxygen atoms in total. The summed E-state index contributed by atoms with van der Waals surface area (Å²) in [7, 11) is -3.88. The van der Waals surface area contributed by atoms with Crippen molar-refractivity contribution in [2.75, 3.05) is 6.61 Å². The summed E-state index contributed by atoms with van der Waals surface area (Å²) >= 11 is 0. The van der Waals surface area contributed by atoms with E-state index in [4.69, 9.17) is 18.9 Å². The summed E-state index contributed by atoms with van der Waals surface area (Å²) in [5, 5.41) is 1.21. The van der Waals surface area contributed by atoms with Gasteiger partial charge in [-0.1, -0.05) is 91.0 Å². The van der Waals surface area contributed by atoms with Gasteiger partial charge in [-0.05, 0) is 48.4 Å². The van der Waals surface area contributed by atoms with Gasteiger partial charge in [0, 0.05) is 17.4 Å². The van der Waals surface area contributed by atoms with Crippen molar-refractivity contribution < 1.29 is 37.0 Å². The SMILES string of the molecule is C=CC[C@@H]1O[C@H](C[C@@H](COC(=O)c2ccccc2)OC(=O)c2ccccc2)[C@H](OCc2ccccc2)/C1=C/S(=O)(=O)c1ccccc1. The molecule has 0 amide bonds. The number of carbonyl (C=O) groups is 2. The quantitative estimate of drug-likeness (QED) is 0.109. The number of ether oxygens (including phenoxy) is 4. The zero-order chi connectivity index (χ0) is 33.1. The Balaban J connectivity index is 1.46. The maximum Gasteiger partial charge on any atom is 0.338 e. The van der Waals surface area contributed by atoms with Gasteiger partial charge < -0.3 is 18.9 Å². The second kappa shape index (κ2) is 16.1. The molecular formula is C38H36O8S. The highest BCUT2D eigenvalue weighted by atomic mass is 32.2. The van der Waals surface area contributed by atoms with Crippen LogP contribution in [0.1, 0.15) is 39.1 Å². The van der Waals surface area contributed by atoms with Crippen LogP contribution in [0.15, 0.2) is 150 Å². The minimum absolute atomic E-state index is 0.0521. The number of hydrogen-bond acceptors (Lipinski definition) is 8. The molecule has 242 valence electrons. The first-order valence-corrected chi connectivity index (χ1v) is 16.8. The van der Waals surface area contributed by atoms with E-state index in [9.17, 15) is 18.0 Å². The Hall–Kier alpha value is -4.83. The molecule has 0 N–H and O–H groups in total. The summed E-state index contributed by atoms with van der Waals surface area (Å²) in [4.78, 5) is 26.2. The molecule has 0 radical (unpaired) electrons. The van der Waals surface area contributed by atoms with Crippen molar-refractivity contribution in [1.82, 2.24) is 0 Å². The Labute approximate surface area is 275 Å². The number of sulfone groups is 1. The lowest BCUT2D eigenvalue weighted by Crippen LogP contribution is -2.34. The Morgan fingerprint density at radius 3 is 1.94 bits per heavy atom. The highest BCUT2D eigenvalue weighted by molar-refractivity contribution is 7.94. The fourth-order valence-electron chi connectivity index (χ4n) is 5.27. The van der Waals surface area contributed by atoms with Crippen molar-refractivity contribution in [2.24, 2.45) is 0 Å². The number of hydrogen-bond donors (Lipinski definition) is 0. The van der Waals surface area contributed by atoms with E-state index in [-0.39, 0.29) is 24.5 Å². The van der Waals surface area contributed by atoms with Crippen molar-refractivity contribution in [1.29, 1.82) is 0 Å². The summed E-state index contributed by atoms with van der Waals surface area (Å²) in [5.41, 5.74) is 1.98. The van der Waals surface area contributed by atoms with E-state index in [1.54, 1.807) is 84.9 Å². The van der Waals surface area contributed by atoms with Gasteiger partial charge in [-0.15, -0.1) is 6.58 Å². The third-order valence-electron chi connectivity index (χ3n) is 7.58. The Kier molecular flexibility index (Phi) is 11.5. The van der Waals surface area contributed by atoms with Crippen LogP contribution >= 0.6 is 0 Å². The lowest BCUT2D eigenvalue weighted by Gasteiger charge is -2.25. The average molecular weight is 653 g/mol. The monoisotopic (exact) mass is 652 g/mol. The third-order valence-corrected chi connectivity index (χ3v) is 9.09. The molecule has 1 heterocycles. The summed E-state index contributed by atoms with van der Waals surface area (Å²) in [6.45, 7) is 3.76. The number of esters is 2. The predicted molar refractivity (Wildman–Crippen MR) is 177 cm³/mol. The number of rotatable bonds is 14. The normalized spacial score (nSPS) is 19.1. The summed E-state index contributed by atoms with van der Waals surface area (Å²) in [6.07, 6.45) is -1.19. The molecule has 4 aromatic rings. The van der Waals surface area contributed by atoms with Crippen molar-refractivity contribution in [3.63, 3.8) is 0 Å². The maximum absolute atomic E-state index is 13.6. The molecule has 4 atom stereocenters. The van der Waals surface area contributed by atoms with E-state index >= 15 is 0 Å². The van der Waals surface area contributed by atoms with Crippen molar-refractivity contribution in [3.05, 3.63) is 162 Å². The van der Waals surface area contributed by atoms with Crippen LogP contribution in [-0.4, -0.2) is 51.4 Å². The summed E-state index contributed by atoms with van der Waals surface area (Å²) < 4.78 is 51.5. The van der Waals surface area contributed by atoms with E-state index in [1.807, 2.05) is 30.3 Å². The molecule has 1 saturated heterocycles. The molecule has 9 heteroatoms. The van der Waals surface area contributed by atoms with Gasteiger partial charge in [0.05, 0.1) is 34.8 Å². The van der Waals surface area contributed by atoms with Crippen molar-refractivity contribution >= 4 is 21.8 Å².